The SMILES string of the molecule is CC(=O)NC1CCN(C(=O)c2c(C)c3cc(Br)ccc3oc2=O)C1. The van der Waals surface area contributed by atoms with Crippen LogP contribution in [0.25, 0.3) is 11.0 Å². The first-order valence-electron chi connectivity index (χ1n) is 7.66. The van der Waals surface area contributed by atoms with Gasteiger partial charge in [-0.05, 0) is 37.1 Å². The van der Waals surface area contributed by atoms with Gasteiger partial charge in [0.2, 0.25) is 5.91 Å². The molecule has 1 N–H and O–H groups in total. The van der Waals surface area contributed by atoms with Gasteiger partial charge in [-0.15, -0.1) is 0 Å². The third-order valence-corrected chi connectivity index (χ3v) is 4.72. The predicted molar refractivity (Wildman–Crippen MR) is 93.0 cm³/mol. The van der Waals surface area contributed by atoms with Gasteiger partial charge >= 0.3 is 5.63 Å². The van der Waals surface area contributed by atoms with Crippen LogP contribution in [0.15, 0.2) is 31.9 Å². The molecule has 1 atom stereocenters. The molecule has 1 aromatic carbocycles. The minimum absolute atomic E-state index is 0.0593. The van der Waals surface area contributed by atoms with Gasteiger partial charge < -0.3 is 14.6 Å². The quantitative estimate of drug-likeness (QED) is 0.794. The van der Waals surface area contributed by atoms with Gasteiger partial charge in [0.15, 0.2) is 0 Å². The lowest BCUT2D eigenvalue weighted by atomic mass is 10.1. The summed E-state index contributed by atoms with van der Waals surface area (Å²) in [7, 11) is 0. The Hall–Kier alpha value is -2.15. The summed E-state index contributed by atoms with van der Waals surface area (Å²) in [5.41, 5.74) is 0.490. The number of halogens is 1. The zero-order valence-corrected chi connectivity index (χ0v) is 15.0. The molecule has 2 amide bonds. The summed E-state index contributed by atoms with van der Waals surface area (Å²) >= 11 is 3.39. The molecule has 2 heterocycles. The molecule has 0 spiro atoms. The zero-order chi connectivity index (χ0) is 17.4. The molecular formula is C17H17BrN2O4. The standard InChI is InChI=1S/C17H17BrN2O4/c1-9-13-7-11(18)3-4-14(13)24-17(23)15(9)16(22)20-6-5-12(8-20)19-10(2)21/h3-4,7,12H,5-6,8H2,1-2H3,(H,19,21). The third-order valence-electron chi connectivity index (χ3n) is 4.22. The van der Waals surface area contributed by atoms with Crippen LogP contribution in [0, 0.1) is 6.92 Å². The van der Waals surface area contributed by atoms with Crippen molar-refractivity contribution in [2.75, 3.05) is 13.1 Å². The van der Waals surface area contributed by atoms with Gasteiger partial charge in [-0.2, -0.15) is 0 Å². The maximum Gasteiger partial charge on any atom is 0.349 e. The second-order valence-corrected chi connectivity index (χ2v) is 6.88. The molecule has 1 aromatic heterocycles. The molecule has 1 saturated heterocycles. The average molecular weight is 393 g/mol. The van der Waals surface area contributed by atoms with E-state index in [1.807, 2.05) is 6.07 Å². The highest BCUT2D eigenvalue weighted by Gasteiger charge is 2.30. The van der Waals surface area contributed by atoms with E-state index in [9.17, 15) is 14.4 Å². The fourth-order valence-corrected chi connectivity index (χ4v) is 3.44. The Morgan fingerprint density at radius 1 is 1.38 bits per heavy atom. The van der Waals surface area contributed by atoms with Crippen molar-refractivity contribution in [1.82, 2.24) is 10.2 Å². The summed E-state index contributed by atoms with van der Waals surface area (Å²) in [6.45, 7) is 4.09. The van der Waals surface area contributed by atoms with Crippen LogP contribution in [-0.4, -0.2) is 35.8 Å². The smallest absolute Gasteiger partial charge is 0.349 e. The maximum atomic E-state index is 12.8. The molecule has 7 heteroatoms. The first-order valence-corrected chi connectivity index (χ1v) is 8.45. The number of amides is 2. The van der Waals surface area contributed by atoms with Crippen molar-refractivity contribution in [3.05, 3.63) is 44.2 Å². The Kier molecular flexibility index (Phi) is 4.45. The summed E-state index contributed by atoms with van der Waals surface area (Å²) in [6.07, 6.45) is 0.675. The molecule has 1 unspecified atom stereocenters. The van der Waals surface area contributed by atoms with E-state index in [0.29, 0.717) is 30.7 Å². The Balaban J connectivity index is 1.96. The normalized spacial score (nSPS) is 17.3. The maximum absolute atomic E-state index is 12.8. The van der Waals surface area contributed by atoms with Gasteiger partial charge in [0.25, 0.3) is 5.91 Å². The van der Waals surface area contributed by atoms with Crippen molar-refractivity contribution < 1.29 is 14.0 Å². The lowest BCUT2D eigenvalue weighted by molar-refractivity contribution is -0.119. The van der Waals surface area contributed by atoms with Crippen LogP contribution in [0.1, 0.15) is 29.3 Å². The van der Waals surface area contributed by atoms with Crippen molar-refractivity contribution in [2.45, 2.75) is 26.3 Å². The molecule has 6 nitrogen and oxygen atoms in total. The van der Waals surface area contributed by atoms with E-state index in [1.165, 1.54) is 6.92 Å². The molecule has 0 radical (unpaired) electrons. The van der Waals surface area contributed by atoms with Crippen LogP contribution in [-0.2, 0) is 4.79 Å². The average Bonchev–Trinajstić information content (AvgIpc) is 2.96. The van der Waals surface area contributed by atoms with Crippen LogP contribution in [0.4, 0.5) is 0 Å². The number of carbonyl (C=O) groups excluding carboxylic acids is 2. The van der Waals surface area contributed by atoms with E-state index < -0.39 is 5.63 Å². The molecule has 24 heavy (non-hydrogen) atoms. The highest BCUT2D eigenvalue weighted by Crippen LogP contribution is 2.24. The van der Waals surface area contributed by atoms with Crippen molar-refractivity contribution in [3.8, 4) is 0 Å². The number of likely N-dealkylation sites (tertiary alicyclic amines) is 1. The molecule has 1 aliphatic heterocycles. The molecule has 3 rings (SSSR count). The first-order chi connectivity index (χ1) is 11.4. The molecule has 126 valence electrons. The van der Waals surface area contributed by atoms with Gasteiger partial charge in [-0.1, -0.05) is 15.9 Å². The van der Waals surface area contributed by atoms with E-state index >= 15 is 0 Å². The second kappa shape index (κ2) is 6.39. The number of nitrogens with one attached hydrogen (secondary N) is 1. The molecule has 1 aliphatic rings. The van der Waals surface area contributed by atoms with Gasteiger partial charge in [0, 0.05) is 35.9 Å². The predicted octanol–water partition coefficient (Wildman–Crippen LogP) is 2.21. The Morgan fingerprint density at radius 3 is 2.83 bits per heavy atom. The lowest BCUT2D eigenvalue weighted by Crippen LogP contribution is -2.38. The van der Waals surface area contributed by atoms with Crippen molar-refractivity contribution in [1.29, 1.82) is 0 Å². The van der Waals surface area contributed by atoms with Crippen LogP contribution in [0.5, 0.6) is 0 Å². The van der Waals surface area contributed by atoms with Crippen molar-refractivity contribution >= 4 is 38.7 Å². The number of hydrogen-bond acceptors (Lipinski definition) is 4. The fourth-order valence-electron chi connectivity index (χ4n) is 3.08. The number of rotatable bonds is 2. The molecular weight excluding hydrogens is 376 g/mol. The lowest BCUT2D eigenvalue weighted by Gasteiger charge is -2.17. The minimum atomic E-state index is -0.629. The number of carbonyl (C=O) groups is 2. The van der Waals surface area contributed by atoms with Gasteiger partial charge in [0.05, 0.1) is 0 Å². The number of fused-ring (bicyclic) bond motifs is 1. The largest absolute Gasteiger partial charge is 0.422 e. The number of hydrogen-bond donors (Lipinski definition) is 1. The van der Waals surface area contributed by atoms with E-state index in [-0.39, 0.29) is 23.4 Å². The summed E-state index contributed by atoms with van der Waals surface area (Å²) < 4.78 is 6.15. The van der Waals surface area contributed by atoms with Gasteiger partial charge in [-0.3, -0.25) is 9.59 Å². The van der Waals surface area contributed by atoms with E-state index in [1.54, 1.807) is 24.0 Å². The van der Waals surface area contributed by atoms with E-state index in [2.05, 4.69) is 21.2 Å². The second-order valence-electron chi connectivity index (χ2n) is 5.97. The monoisotopic (exact) mass is 392 g/mol. The highest BCUT2D eigenvalue weighted by atomic mass is 79.9. The molecule has 0 saturated carbocycles. The Morgan fingerprint density at radius 2 is 2.12 bits per heavy atom. The van der Waals surface area contributed by atoms with Gasteiger partial charge in [0.1, 0.15) is 11.1 Å². The molecule has 1 fully saturated rings. The Bertz CT molecular complexity index is 890. The minimum Gasteiger partial charge on any atom is -0.422 e. The van der Waals surface area contributed by atoms with E-state index in [0.717, 1.165) is 9.86 Å². The van der Waals surface area contributed by atoms with Crippen LogP contribution in [0.3, 0.4) is 0 Å². The topological polar surface area (TPSA) is 79.6 Å². The highest BCUT2D eigenvalue weighted by molar-refractivity contribution is 9.10. The number of nitrogens with zero attached hydrogens (tertiary/aromatic N) is 1. The van der Waals surface area contributed by atoms with Crippen molar-refractivity contribution in [3.63, 3.8) is 0 Å². The molecule has 0 aliphatic carbocycles. The summed E-state index contributed by atoms with van der Waals surface area (Å²) in [4.78, 5) is 37.8. The number of aryl methyl sites for hydroxylation is 1. The first kappa shape index (κ1) is 16.7. The third kappa shape index (κ3) is 3.08. The van der Waals surface area contributed by atoms with Crippen LogP contribution in [0.2, 0.25) is 0 Å². The van der Waals surface area contributed by atoms with Crippen molar-refractivity contribution in [2.24, 2.45) is 0 Å². The summed E-state index contributed by atoms with van der Waals surface area (Å²) in [5.74, 6) is -0.475. The van der Waals surface area contributed by atoms with Gasteiger partial charge in [-0.25, -0.2) is 4.79 Å². The molecule has 0 bridgehead atoms. The van der Waals surface area contributed by atoms with Crippen LogP contribution < -0.4 is 10.9 Å². The summed E-state index contributed by atoms with van der Waals surface area (Å²) in [5, 5.41) is 3.53. The number of benzene rings is 1. The zero-order valence-electron chi connectivity index (χ0n) is 13.4. The summed E-state index contributed by atoms with van der Waals surface area (Å²) in [6, 6.07) is 5.23. The Labute approximate surface area is 146 Å². The molecule has 2 aromatic rings. The fraction of sp³-hybridized carbons (Fsp3) is 0.353. The van der Waals surface area contributed by atoms with E-state index in [4.69, 9.17) is 4.42 Å². The van der Waals surface area contributed by atoms with Crippen LogP contribution >= 0.6 is 15.9 Å².